The Balaban J connectivity index is 2.21. The van der Waals surface area contributed by atoms with Crippen LogP contribution in [0.1, 0.15) is 10.4 Å². The third-order valence-electron chi connectivity index (χ3n) is 3.68. The van der Waals surface area contributed by atoms with Crippen molar-refractivity contribution in [1.82, 2.24) is 0 Å². The van der Waals surface area contributed by atoms with Crippen molar-refractivity contribution in [2.75, 3.05) is 20.8 Å². The van der Waals surface area contributed by atoms with E-state index in [1.165, 1.54) is 32.4 Å². The van der Waals surface area contributed by atoms with E-state index in [-0.39, 0.29) is 17.1 Å². The fourth-order valence-corrected chi connectivity index (χ4v) is 2.30. The number of benzene rings is 1. The molecule has 9 nitrogen and oxygen atoms in total. The average molecular weight is 344 g/mol. The lowest BCUT2D eigenvalue weighted by molar-refractivity contribution is -0.277. The van der Waals surface area contributed by atoms with E-state index in [4.69, 9.17) is 19.3 Å². The molecule has 0 spiro atoms. The Kier molecular flexibility index (Phi) is 5.97. The number of hydrogen-bond acceptors (Lipinski definition) is 9. The second kappa shape index (κ2) is 7.77. The Bertz CT molecular complexity index is 574. The number of rotatable bonds is 5. The van der Waals surface area contributed by atoms with Gasteiger partial charge in [-0.05, 0) is 18.2 Å². The van der Waals surface area contributed by atoms with Gasteiger partial charge >= 0.3 is 5.97 Å². The number of hydrogen-bond donors (Lipinski definition) is 4. The maximum Gasteiger partial charge on any atom is 0.337 e. The molecular formula is C15H20O9. The molecule has 134 valence electrons. The van der Waals surface area contributed by atoms with Crippen LogP contribution in [-0.4, -0.2) is 77.9 Å². The molecule has 0 bridgehead atoms. The van der Waals surface area contributed by atoms with Crippen molar-refractivity contribution < 1.29 is 44.2 Å². The summed E-state index contributed by atoms with van der Waals surface area (Å²) in [7, 11) is 2.60. The molecule has 1 saturated heterocycles. The van der Waals surface area contributed by atoms with Gasteiger partial charge in [0.15, 0.2) is 11.5 Å². The van der Waals surface area contributed by atoms with Crippen LogP contribution in [0.15, 0.2) is 18.2 Å². The molecule has 0 amide bonds. The van der Waals surface area contributed by atoms with Gasteiger partial charge in [0, 0.05) is 0 Å². The van der Waals surface area contributed by atoms with E-state index in [9.17, 15) is 20.1 Å². The van der Waals surface area contributed by atoms with Gasteiger partial charge in [-0.25, -0.2) is 4.79 Å². The Morgan fingerprint density at radius 1 is 1.12 bits per heavy atom. The van der Waals surface area contributed by atoms with E-state index in [1.54, 1.807) is 0 Å². The van der Waals surface area contributed by atoms with Gasteiger partial charge in [-0.2, -0.15) is 0 Å². The van der Waals surface area contributed by atoms with Crippen LogP contribution in [0.5, 0.6) is 11.5 Å². The molecule has 1 aliphatic heterocycles. The van der Waals surface area contributed by atoms with E-state index in [0.29, 0.717) is 0 Å². The number of carbonyl (C=O) groups is 1. The van der Waals surface area contributed by atoms with Gasteiger partial charge in [0.05, 0.1) is 26.4 Å². The van der Waals surface area contributed by atoms with Crippen molar-refractivity contribution in [1.29, 1.82) is 0 Å². The molecule has 1 aliphatic rings. The summed E-state index contributed by atoms with van der Waals surface area (Å²) in [5.41, 5.74) is 0.232. The van der Waals surface area contributed by atoms with Crippen LogP contribution in [0.25, 0.3) is 0 Å². The SMILES string of the molecule is COC(=O)c1ccc(O[C@@H]2O[C@H](CO)[C@@H](O)[C@H](O)[C@H]2O)c(OC)c1. The van der Waals surface area contributed by atoms with Gasteiger partial charge < -0.3 is 39.4 Å². The molecule has 0 unspecified atom stereocenters. The molecule has 0 saturated carbocycles. The number of methoxy groups -OCH3 is 2. The summed E-state index contributed by atoms with van der Waals surface area (Å²) >= 11 is 0. The standard InChI is InChI=1S/C15H20O9/c1-21-9-5-7(14(20)22-2)3-4-8(9)23-15-13(19)12(18)11(17)10(6-16)24-15/h3-5,10-13,15-19H,6H2,1-2H3/t10-,11-,12+,13-,15-/m1/s1. The Labute approximate surface area is 138 Å². The first-order valence-electron chi connectivity index (χ1n) is 7.16. The Hall–Kier alpha value is -1.91. The highest BCUT2D eigenvalue weighted by Crippen LogP contribution is 2.32. The lowest BCUT2D eigenvalue weighted by Gasteiger charge is -2.39. The van der Waals surface area contributed by atoms with Crippen molar-refractivity contribution in [3.63, 3.8) is 0 Å². The fourth-order valence-electron chi connectivity index (χ4n) is 2.30. The number of esters is 1. The molecule has 9 heteroatoms. The predicted octanol–water partition coefficient (Wildman–Crippen LogP) is -1.34. The zero-order valence-electron chi connectivity index (χ0n) is 13.2. The van der Waals surface area contributed by atoms with Crippen LogP contribution >= 0.6 is 0 Å². The van der Waals surface area contributed by atoms with Crippen molar-refractivity contribution in [2.45, 2.75) is 30.7 Å². The van der Waals surface area contributed by atoms with Crippen molar-refractivity contribution in [2.24, 2.45) is 0 Å². The van der Waals surface area contributed by atoms with Crippen molar-refractivity contribution in [3.8, 4) is 11.5 Å². The summed E-state index contributed by atoms with van der Waals surface area (Å²) in [4.78, 5) is 11.5. The molecule has 1 aromatic rings. The van der Waals surface area contributed by atoms with Crippen LogP contribution in [0.3, 0.4) is 0 Å². The topological polar surface area (TPSA) is 135 Å². The maximum absolute atomic E-state index is 11.5. The zero-order chi connectivity index (χ0) is 17.9. The van der Waals surface area contributed by atoms with Gasteiger partial charge in [0.1, 0.15) is 24.4 Å². The molecule has 0 aliphatic carbocycles. The lowest BCUT2D eigenvalue weighted by atomic mass is 9.99. The monoisotopic (exact) mass is 344 g/mol. The molecular weight excluding hydrogens is 324 g/mol. The highest BCUT2D eigenvalue weighted by Gasteiger charge is 2.44. The van der Waals surface area contributed by atoms with E-state index >= 15 is 0 Å². The highest BCUT2D eigenvalue weighted by atomic mass is 16.7. The molecule has 1 heterocycles. The number of carbonyl (C=O) groups excluding carboxylic acids is 1. The summed E-state index contributed by atoms with van der Waals surface area (Å²) < 4.78 is 20.5. The van der Waals surface area contributed by atoms with Crippen LogP contribution in [0, 0.1) is 0 Å². The second-order valence-corrected chi connectivity index (χ2v) is 5.17. The highest BCUT2D eigenvalue weighted by molar-refractivity contribution is 5.90. The van der Waals surface area contributed by atoms with Gasteiger partial charge in [-0.15, -0.1) is 0 Å². The average Bonchev–Trinajstić information content (AvgIpc) is 2.61. The van der Waals surface area contributed by atoms with E-state index in [1.807, 2.05) is 0 Å². The summed E-state index contributed by atoms with van der Waals surface area (Å²) in [5.74, 6) is -0.253. The third kappa shape index (κ3) is 3.60. The molecule has 0 radical (unpaired) electrons. The fraction of sp³-hybridized carbons (Fsp3) is 0.533. The first-order chi connectivity index (χ1) is 11.4. The normalized spacial score (nSPS) is 29.8. The molecule has 2 rings (SSSR count). The van der Waals surface area contributed by atoms with Gasteiger partial charge in [-0.3, -0.25) is 0 Å². The van der Waals surface area contributed by atoms with Crippen LogP contribution in [0.2, 0.25) is 0 Å². The molecule has 24 heavy (non-hydrogen) atoms. The molecule has 4 N–H and O–H groups in total. The first kappa shape index (κ1) is 18.4. The lowest BCUT2D eigenvalue weighted by Crippen LogP contribution is -2.60. The van der Waals surface area contributed by atoms with E-state index in [2.05, 4.69) is 4.74 Å². The minimum Gasteiger partial charge on any atom is -0.493 e. The smallest absolute Gasteiger partial charge is 0.337 e. The molecule has 5 atom stereocenters. The summed E-state index contributed by atoms with van der Waals surface area (Å²) in [6.07, 6.45) is -7.02. The van der Waals surface area contributed by atoms with Gasteiger partial charge in [0.2, 0.25) is 6.29 Å². The Morgan fingerprint density at radius 3 is 2.42 bits per heavy atom. The third-order valence-corrected chi connectivity index (χ3v) is 3.68. The summed E-state index contributed by atoms with van der Waals surface area (Å²) in [6, 6.07) is 4.21. The zero-order valence-corrected chi connectivity index (χ0v) is 13.2. The first-order valence-corrected chi connectivity index (χ1v) is 7.16. The summed E-state index contributed by atoms with van der Waals surface area (Å²) in [6.45, 7) is -0.566. The minimum absolute atomic E-state index is 0.134. The predicted molar refractivity (Wildman–Crippen MR) is 78.7 cm³/mol. The number of aliphatic hydroxyl groups is 4. The van der Waals surface area contributed by atoms with Crippen molar-refractivity contribution in [3.05, 3.63) is 23.8 Å². The largest absolute Gasteiger partial charge is 0.493 e. The van der Waals surface area contributed by atoms with Crippen LogP contribution in [0.4, 0.5) is 0 Å². The van der Waals surface area contributed by atoms with Gasteiger partial charge in [0.25, 0.3) is 0 Å². The van der Waals surface area contributed by atoms with Gasteiger partial charge in [-0.1, -0.05) is 0 Å². The Morgan fingerprint density at radius 2 is 1.83 bits per heavy atom. The van der Waals surface area contributed by atoms with Crippen LogP contribution < -0.4 is 9.47 Å². The summed E-state index contributed by atoms with van der Waals surface area (Å²) in [5, 5.41) is 38.6. The molecule has 0 aromatic heterocycles. The maximum atomic E-state index is 11.5. The van der Waals surface area contributed by atoms with E-state index in [0.717, 1.165) is 0 Å². The van der Waals surface area contributed by atoms with Crippen LogP contribution in [-0.2, 0) is 9.47 Å². The number of aliphatic hydroxyl groups excluding tert-OH is 4. The minimum atomic E-state index is -1.55. The number of ether oxygens (including phenoxy) is 4. The quantitative estimate of drug-likeness (QED) is 0.479. The molecule has 1 fully saturated rings. The van der Waals surface area contributed by atoms with E-state index < -0.39 is 43.3 Å². The van der Waals surface area contributed by atoms with Crippen molar-refractivity contribution >= 4 is 5.97 Å². The second-order valence-electron chi connectivity index (χ2n) is 5.17. The molecule has 1 aromatic carbocycles.